The standard InChI is InChI=1S/C65H110O6/c1-4-7-10-13-16-19-22-25-28-31-32-35-38-41-44-47-50-53-56-59-65(68)71-62(60-69-63(66)57-54-51-48-45-42-39-36-33-29-26-23-20-17-14-11-8-5-2)61-70-64(67)58-55-52-49-46-43-40-37-34-30-27-24-21-18-15-12-9-6-3/h8,11,16-21,25-30,36,39,62H,4-7,9-10,12-15,22-24,31-35,37-38,40-61H2,1-3H3/b11-8-,19-16-,20-17-,21-18-,28-25-,29-26-,30-27-,39-36-/t62-/m1/s1. The van der Waals surface area contributed by atoms with E-state index in [9.17, 15) is 14.4 Å². The summed E-state index contributed by atoms with van der Waals surface area (Å²) in [6.07, 6.45) is 78.2. The van der Waals surface area contributed by atoms with Crippen molar-refractivity contribution in [3.63, 3.8) is 0 Å². The smallest absolute Gasteiger partial charge is 0.306 e. The van der Waals surface area contributed by atoms with Crippen LogP contribution in [0.15, 0.2) is 97.2 Å². The fourth-order valence-corrected chi connectivity index (χ4v) is 8.08. The van der Waals surface area contributed by atoms with Gasteiger partial charge in [-0.2, -0.15) is 0 Å². The van der Waals surface area contributed by atoms with Crippen LogP contribution >= 0.6 is 0 Å². The molecule has 0 saturated carbocycles. The van der Waals surface area contributed by atoms with Crippen LogP contribution in [0.4, 0.5) is 0 Å². The Morgan fingerprint density at radius 2 is 0.549 bits per heavy atom. The van der Waals surface area contributed by atoms with Crippen LogP contribution in [0.1, 0.15) is 278 Å². The first-order chi connectivity index (χ1) is 35.0. The van der Waals surface area contributed by atoms with Gasteiger partial charge in [0, 0.05) is 19.3 Å². The molecule has 0 heterocycles. The molecule has 0 spiro atoms. The highest BCUT2D eigenvalue weighted by molar-refractivity contribution is 5.71. The zero-order chi connectivity index (χ0) is 51.4. The number of unbranched alkanes of at least 4 members (excludes halogenated alkanes) is 26. The second-order valence-electron chi connectivity index (χ2n) is 19.5. The monoisotopic (exact) mass is 987 g/mol. The summed E-state index contributed by atoms with van der Waals surface area (Å²) in [5, 5.41) is 0. The highest BCUT2D eigenvalue weighted by Gasteiger charge is 2.19. The third-order valence-electron chi connectivity index (χ3n) is 12.5. The molecule has 0 fully saturated rings. The molecule has 6 heteroatoms. The van der Waals surface area contributed by atoms with Gasteiger partial charge in [0.15, 0.2) is 6.10 Å². The van der Waals surface area contributed by atoms with Crippen LogP contribution < -0.4 is 0 Å². The van der Waals surface area contributed by atoms with Crippen molar-refractivity contribution < 1.29 is 28.6 Å². The van der Waals surface area contributed by atoms with Crippen molar-refractivity contribution in [3.05, 3.63) is 97.2 Å². The average Bonchev–Trinajstić information content (AvgIpc) is 3.37. The number of allylic oxidation sites excluding steroid dienone is 16. The Hall–Kier alpha value is -3.67. The number of carbonyl (C=O) groups is 3. The van der Waals surface area contributed by atoms with E-state index >= 15 is 0 Å². The van der Waals surface area contributed by atoms with E-state index in [0.717, 1.165) is 116 Å². The molecule has 0 aromatic rings. The van der Waals surface area contributed by atoms with Crippen LogP contribution in [-0.4, -0.2) is 37.2 Å². The number of carbonyl (C=O) groups excluding carboxylic acids is 3. The van der Waals surface area contributed by atoms with Crippen molar-refractivity contribution in [2.75, 3.05) is 13.2 Å². The molecule has 0 aromatic heterocycles. The van der Waals surface area contributed by atoms with E-state index in [2.05, 4.69) is 118 Å². The quantitative estimate of drug-likeness (QED) is 0.0261. The van der Waals surface area contributed by atoms with Crippen molar-refractivity contribution in [2.45, 2.75) is 284 Å². The predicted octanol–water partition coefficient (Wildman–Crippen LogP) is 20.1. The van der Waals surface area contributed by atoms with Gasteiger partial charge in [-0.25, -0.2) is 0 Å². The van der Waals surface area contributed by atoms with E-state index in [1.807, 2.05) is 0 Å². The summed E-state index contributed by atoms with van der Waals surface area (Å²) >= 11 is 0. The van der Waals surface area contributed by atoms with Gasteiger partial charge in [-0.3, -0.25) is 14.4 Å². The van der Waals surface area contributed by atoms with Gasteiger partial charge in [0.25, 0.3) is 0 Å². The highest BCUT2D eigenvalue weighted by atomic mass is 16.6. The second-order valence-corrected chi connectivity index (χ2v) is 19.5. The molecule has 0 radical (unpaired) electrons. The Morgan fingerprint density at radius 3 is 0.859 bits per heavy atom. The molecule has 0 amide bonds. The van der Waals surface area contributed by atoms with Gasteiger partial charge in [-0.1, -0.05) is 234 Å². The summed E-state index contributed by atoms with van der Waals surface area (Å²) in [4.78, 5) is 38.2. The lowest BCUT2D eigenvalue weighted by Gasteiger charge is -2.18. The Balaban J connectivity index is 4.45. The molecular formula is C65H110O6. The Kier molecular flexibility index (Phi) is 55.9. The van der Waals surface area contributed by atoms with Gasteiger partial charge in [-0.15, -0.1) is 0 Å². The predicted molar refractivity (Wildman–Crippen MR) is 307 cm³/mol. The third kappa shape index (κ3) is 57.1. The maximum absolute atomic E-state index is 12.9. The number of hydrogen-bond donors (Lipinski definition) is 0. The molecule has 1 atom stereocenters. The normalized spacial score (nSPS) is 12.8. The lowest BCUT2D eigenvalue weighted by atomic mass is 10.1. The molecule has 0 aliphatic rings. The Morgan fingerprint density at radius 1 is 0.296 bits per heavy atom. The van der Waals surface area contributed by atoms with E-state index in [4.69, 9.17) is 14.2 Å². The molecule has 0 aromatic carbocycles. The molecular weight excluding hydrogens is 877 g/mol. The van der Waals surface area contributed by atoms with E-state index in [1.54, 1.807) is 0 Å². The topological polar surface area (TPSA) is 78.9 Å². The van der Waals surface area contributed by atoms with Gasteiger partial charge in [0.05, 0.1) is 0 Å². The minimum absolute atomic E-state index is 0.0916. The van der Waals surface area contributed by atoms with E-state index in [0.29, 0.717) is 19.3 Å². The molecule has 0 unspecified atom stereocenters. The number of rotatable bonds is 53. The number of esters is 3. The van der Waals surface area contributed by atoms with E-state index in [-0.39, 0.29) is 31.1 Å². The van der Waals surface area contributed by atoms with Crippen molar-refractivity contribution in [1.82, 2.24) is 0 Å². The summed E-state index contributed by atoms with van der Waals surface area (Å²) in [6, 6.07) is 0. The zero-order valence-corrected chi connectivity index (χ0v) is 46.5. The molecule has 0 saturated heterocycles. The second kappa shape index (κ2) is 58.9. The Bertz CT molecular complexity index is 1410. The zero-order valence-electron chi connectivity index (χ0n) is 46.5. The molecule has 71 heavy (non-hydrogen) atoms. The number of hydrogen-bond acceptors (Lipinski definition) is 6. The molecule has 0 rings (SSSR count). The minimum Gasteiger partial charge on any atom is -0.462 e. The molecule has 6 nitrogen and oxygen atoms in total. The molecule has 0 N–H and O–H groups in total. The van der Waals surface area contributed by atoms with Gasteiger partial charge in [0.1, 0.15) is 13.2 Å². The van der Waals surface area contributed by atoms with Crippen molar-refractivity contribution in [3.8, 4) is 0 Å². The fraction of sp³-hybridized carbons (Fsp3) is 0.708. The fourth-order valence-electron chi connectivity index (χ4n) is 8.08. The van der Waals surface area contributed by atoms with Crippen molar-refractivity contribution in [2.24, 2.45) is 0 Å². The molecule has 406 valence electrons. The first-order valence-electron chi connectivity index (χ1n) is 29.7. The average molecular weight is 988 g/mol. The van der Waals surface area contributed by atoms with Crippen LogP contribution in [-0.2, 0) is 28.6 Å². The van der Waals surface area contributed by atoms with Crippen LogP contribution in [0.5, 0.6) is 0 Å². The van der Waals surface area contributed by atoms with Gasteiger partial charge >= 0.3 is 17.9 Å². The van der Waals surface area contributed by atoms with Gasteiger partial charge in [0.2, 0.25) is 0 Å². The summed E-state index contributed by atoms with van der Waals surface area (Å²) in [5.74, 6) is -0.922. The lowest BCUT2D eigenvalue weighted by molar-refractivity contribution is -0.167. The summed E-state index contributed by atoms with van der Waals surface area (Å²) in [7, 11) is 0. The van der Waals surface area contributed by atoms with Gasteiger partial charge in [-0.05, 0) is 122 Å². The molecule has 0 aliphatic carbocycles. The third-order valence-corrected chi connectivity index (χ3v) is 12.5. The lowest BCUT2D eigenvalue weighted by Crippen LogP contribution is -2.30. The summed E-state index contributed by atoms with van der Waals surface area (Å²) < 4.78 is 16.9. The van der Waals surface area contributed by atoms with E-state index in [1.165, 1.54) is 122 Å². The van der Waals surface area contributed by atoms with Crippen LogP contribution in [0.25, 0.3) is 0 Å². The van der Waals surface area contributed by atoms with Crippen molar-refractivity contribution >= 4 is 17.9 Å². The highest BCUT2D eigenvalue weighted by Crippen LogP contribution is 2.15. The largest absolute Gasteiger partial charge is 0.462 e. The number of ether oxygens (including phenoxy) is 3. The van der Waals surface area contributed by atoms with Gasteiger partial charge < -0.3 is 14.2 Å². The summed E-state index contributed by atoms with van der Waals surface area (Å²) in [6.45, 7) is 6.46. The minimum atomic E-state index is -0.795. The SMILES string of the molecule is CC/C=C\C/C=C\C/C=C\C/C=C\CCCCCCC(=O)OC[C@H](COC(=O)CCCCCCCCC/C=C\C/C=C\CCCCC)OC(=O)CCCCCCCCCCC/C=C\C/C=C\CCCCC. The molecule has 0 aliphatic heterocycles. The van der Waals surface area contributed by atoms with Crippen LogP contribution in [0, 0.1) is 0 Å². The van der Waals surface area contributed by atoms with Crippen LogP contribution in [0.3, 0.4) is 0 Å². The van der Waals surface area contributed by atoms with Crippen LogP contribution in [0.2, 0.25) is 0 Å². The summed E-state index contributed by atoms with van der Waals surface area (Å²) in [5.41, 5.74) is 0. The maximum atomic E-state index is 12.9. The van der Waals surface area contributed by atoms with E-state index < -0.39 is 6.10 Å². The first kappa shape index (κ1) is 67.3. The Labute approximate surface area is 438 Å². The first-order valence-corrected chi connectivity index (χ1v) is 29.7. The maximum Gasteiger partial charge on any atom is 0.306 e. The molecule has 0 bridgehead atoms. The van der Waals surface area contributed by atoms with Crippen molar-refractivity contribution in [1.29, 1.82) is 0 Å².